The van der Waals surface area contributed by atoms with E-state index in [2.05, 4.69) is 16.9 Å². The van der Waals surface area contributed by atoms with Crippen LogP contribution in [0.4, 0.5) is 4.39 Å². The monoisotopic (exact) mass is 456 g/mol. The van der Waals surface area contributed by atoms with Crippen LogP contribution in [0.25, 0.3) is 11.4 Å². The number of alkyl halides is 1. The van der Waals surface area contributed by atoms with Crippen molar-refractivity contribution < 1.29 is 9.13 Å². The van der Waals surface area contributed by atoms with Gasteiger partial charge in [-0.15, -0.1) is 0 Å². The van der Waals surface area contributed by atoms with Gasteiger partial charge in [-0.25, -0.2) is 14.4 Å². The summed E-state index contributed by atoms with van der Waals surface area (Å²) < 4.78 is 18.9. The van der Waals surface area contributed by atoms with Gasteiger partial charge in [0.25, 0.3) is 0 Å². The lowest BCUT2D eigenvalue weighted by Crippen LogP contribution is -2.06. The first kappa shape index (κ1) is 27.3. The minimum absolute atomic E-state index is 0.401. The van der Waals surface area contributed by atoms with Gasteiger partial charge in [0.05, 0.1) is 6.61 Å². The summed E-state index contributed by atoms with van der Waals surface area (Å²) in [4.78, 5) is 9.10. The van der Waals surface area contributed by atoms with Crippen molar-refractivity contribution in [3.63, 3.8) is 0 Å². The van der Waals surface area contributed by atoms with Crippen LogP contribution in [0.2, 0.25) is 0 Å². The van der Waals surface area contributed by atoms with E-state index in [-0.39, 0.29) is 0 Å². The van der Waals surface area contributed by atoms with Gasteiger partial charge in [0.15, 0.2) is 5.82 Å². The van der Waals surface area contributed by atoms with Crippen LogP contribution >= 0.6 is 0 Å². The van der Waals surface area contributed by atoms with E-state index in [9.17, 15) is 4.39 Å². The molecule has 1 atom stereocenters. The Morgan fingerprint density at radius 2 is 1.30 bits per heavy atom. The third kappa shape index (κ3) is 12.2. The van der Waals surface area contributed by atoms with Gasteiger partial charge in [-0.05, 0) is 49.1 Å². The van der Waals surface area contributed by atoms with E-state index in [1.54, 1.807) is 0 Å². The third-order valence-electron chi connectivity index (χ3n) is 6.28. The maximum absolute atomic E-state index is 13.3. The van der Waals surface area contributed by atoms with Crippen molar-refractivity contribution in [1.82, 2.24) is 9.97 Å². The molecule has 4 heteroatoms. The molecule has 0 fully saturated rings. The molecule has 1 unspecified atom stereocenters. The lowest BCUT2D eigenvalue weighted by molar-refractivity contribution is 0.231. The van der Waals surface area contributed by atoms with Crippen LogP contribution in [0.15, 0.2) is 36.7 Å². The summed E-state index contributed by atoms with van der Waals surface area (Å²) in [6, 6.07) is 7.72. The molecule has 0 radical (unpaired) electrons. The minimum atomic E-state index is -0.786. The number of nitrogens with zero attached hydrogens (tertiary/aromatic N) is 2. The van der Waals surface area contributed by atoms with Crippen molar-refractivity contribution in [2.45, 2.75) is 116 Å². The molecular weight excluding hydrogens is 411 g/mol. The summed E-state index contributed by atoms with van der Waals surface area (Å²) in [6.45, 7) is 4.53. The van der Waals surface area contributed by atoms with Gasteiger partial charge in [-0.3, -0.25) is 0 Å². The average Bonchev–Trinajstić information content (AvgIpc) is 2.85. The standard InChI is InChI=1S/C29H45FN2O/c1-3-5-6-7-8-9-10-11-12-13-14-15-16-25-23-31-29(32-24-25)26-17-19-28(20-18-26)33-22-21-27(30)4-2/h17-20,23-24,27H,3-16,21-22H2,1-2H3. The molecule has 0 spiro atoms. The second-order valence-electron chi connectivity index (χ2n) is 9.22. The molecule has 0 saturated carbocycles. The Hall–Kier alpha value is -1.97. The molecule has 1 aromatic carbocycles. The summed E-state index contributed by atoms with van der Waals surface area (Å²) in [7, 11) is 0. The molecule has 2 aromatic rings. The summed E-state index contributed by atoms with van der Waals surface area (Å²) in [5, 5.41) is 0. The van der Waals surface area contributed by atoms with Gasteiger partial charge < -0.3 is 4.74 Å². The van der Waals surface area contributed by atoms with Crippen LogP contribution in [0.5, 0.6) is 5.75 Å². The molecule has 0 amide bonds. The summed E-state index contributed by atoms with van der Waals surface area (Å²) >= 11 is 0. The van der Waals surface area contributed by atoms with Gasteiger partial charge in [0.1, 0.15) is 11.9 Å². The van der Waals surface area contributed by atoms with Crippen LogP contribution < -0.4 is 4.74 Å². The third-order valence-corrected chi connectivity index (χ3v) is 6.28. The molecule has 184 valence electrons. The fraction of sp³-hybridized carbons (Fsp3) is 0.655. The predicted molar refractivity (Wildman–Crippen MR) is 138 cm³/mol. The van der Waals surface area contributed by atoms with Crippen LogP contribution in [0, 0.1) is 0 Å². The van der Waals surface area contributed by atoms with Gasteiger partial charge in [-0.1, -0.05) is 84.5 Å². The van der Waals surface area contributed by atoms with Crippen molar-refractivity contribution in [1.29, 1.82) is 0 Å². The normalized spacial score (nSPS) is 12.1. The zero-order valence-corrected chi connectivity index (χ0v) is 21.0. The number of hydrogen-bond donors (Lipinski definition) is 0. The highest BCUT2D eigenvalue weighted by Gasteiger charge is 2.05. The van der Waals surface area contributed by atoms with Crippen LogP contribution in [0.1, 0.15) is 109 Å². The molecule has 33 heavy (non-hydrogen) atoms. The average molecular weight is 457 g/mol. The maximum atomic E-state index is 13.3. The molecule has 0 bridgehead atoms. The molecular formula is C29H45FN2O. The molecule has 1 aromatic heterocycles. The topological polar surface area (TPSA) is 35.0 Å². The van der Waals surface area contributed by atoms with E-state index < -0.39 is 6.17 Å². The number of ether oxygens (including phenoxy) is 1. The van der Waals surface area contributed by atoms with Gasteiger partial charge in [0.2, 0.25) is 0 Å². The Morgan fingerprint density at radius 3 is 1.85 bits per heavy atom. The number of unbranched alkanes of at least 4 members (excludes halogenated alkanes) is 11. The molecule has 1 heterocycles. The van der Waals surface area contributed by atoms with Gasteiger partial charge in [-0.2, -0.15) is 0 Å². The zero-order chi connectivity index (χ0) is 23.6. The Bertz CT molecular complexity index is 717. The van der Waals surface area contributed by atoms with Crippen LogP contribution in [0.3, 0.4) is 0 Å². The predicted octanol–water partition coefficient (Wildman–Crippen LogP) is 8.90. The number of benzene rings is 1. The number of hydrogen-bond acceptors (Lipinski definition) is 3. The molecule has 3 nitrogen and oxygen atoms in total. The zero-order valence-electron chi connectivity index (χ0n) is 21.0. The number of rotatable bonds is 19. The fourth-order valence-electron chi connectivity index (χ4n) is 4.01. The smallest absolute Gasteiger partial charge is 0.159 e. The Labute approximate surface area is 201 Å². The molecule has 0 aliphatic heterocycles. The molecule has 0 saturated heterocycles. The quantitative estimate of drug-likeness (QED) is 0.198. The minimum Gasteiger partial charge on any atom is -0.493 e. The van der Waals surface area contributed by atoms with Crippen molar-refractivity contribution in [3.8, 4) is 17.1 Å². The Kier molecular flexibility index (Phi) is 14.5. The highest BCUT2D eigenvalue weighted by atomic mass is 19.1. The van der Waals surface area contributed by atoms with Crippen molar-refractivity contribution >= 4 is 0 Å². The maximum Gasteiger partial charge on any atom is 0.159 e. The number of aryl methyl sites for hydroxylation is 1. The van der Waals surface area contributed by atoms with Crippen molar-refractivity contribution in [2.75, 3.05) is 6.61 Å². The number of halogens is 1. The van der Waals surface area contributed by atoms with Crippen molar-refractivity contribution in [3.05, 3.63) is 42.2 Å². The van der Waals surface area contributed by atoms with Gasteiger partial charge >= 0.3 is 0 Å². The summed E-state index contributed by atoms with van der Waals surface area (Å²) in [5.41, 5.74) is 2.18. The Balaban J connectivity index is 1.56. The lowest BCUT2D eigenvalue weighted by atomic mass is 10.0. The van der Waals surface area contributed by atoms with Gasteiger partial charge in [0, 0.05) is 24.4 Å². The van der Waals surface area contributed by atoms with E-state index in [4.69, 9.17) is 4.74 Å². The SMILES string of the molecule is CCCCCCCCCCCCCCc1cnc(-c2ccc(OCCC(F)CC)cc2)nc1. The first-order valence-electron chi connectivity index (χ1n) is 13.4. The molecule has 0 aliphatic carbocycles. The van der Waals surface area contributed by atoms with E-state index >= 15 is 0 Å². The molecule has 2 rings (SSSR count). The Morgan fingerprint density at radius 1 is 0.758 bits per heavy atom. The van der Waals surface area contributed by atoms with Crippen LogP contribution in [-0.4, -0.2) is 22.7 Å². The van der Waals surface area contributed by atoms with E-state index in [1.807, 2.05) is 43.6 Å². The highest BCUT2D eigenvalue weighted by Crippen LogP contribution is 2.20. The second-order valence-corrected chi connectivity index (χ2v) is 9.22. The van der Waals surface area contributed by atoms with Crippen LogP contribution in [-0.2, 0) is 6.42 Å². The molecule has 0 N–H and O–H groups in total. The lowest BCUT2D eigenvalue weighted by Gasteiger charge is -2.09. The highest BCUT2D eigenvalue weighted by molar-refractivity contribution is 5.55. The summed E-state index contributed by atoms with van der Waals surface area (Å²) in [6.07, 6.45) is 21.6. The first-order valence-corrected chi connectivity index (χ1v) is 13.4. The number of aromatic nitrogens is 2. The second kappa shape index (κ2) is 17.5. The van der Waals surface area contributed by atoms with E-state index in [0.717, 1.165) is 23.6 Å². The van der Waals surface area contributed by atoms with E-state index in [1.165, 1.54) is 82.6 Å². The first-order chi connectivity index (χ1) is 16.2. The van der Waals surface area contributed by atoms with E-state index in [0.29, 0.717) is 19.4 Å². The largest absolute Gasteiger partial charge is 0.493 e. The van der Waals surface area contributed by atoms with Crippen molar-refractivity contribution in [2.24, 2.45) is 0 Å². The fourth-order valence-corrected chi connectivity index (χ4v) is 4.01. The molecule has 0 aliphatic rings. The summed E-state index contributed by atoms with van der Waals surface area (Å²) in [5.74, 6) is 1.49.